The molecule has 2 nitrogen and oxygen atoms in total. The Labute approximate surface area is 99.9 Å². The number of aromatic nitrogens is 1. The van der Waals surface area contributed by atoms with Crippen molar-refractivity contribution in [1.29, 1.82) is 0 Å². The zero-order valence-corrected chi connectivity index (χ0v) is 10.8. The van der Waals surface area contributed by atoms with Gasteiger partial charge in [0.1, 0.15) is 5.75 Å². The number of thiazole rings is 1. The van der Waals surface area contributed by atoms with Crippen LogP contribution in [0, 0.1) is 20.8 Å². The van der Waals surface area contributed by atoms with Gasteiger partial charge in [0.2, 0.25) is 0 Å². The smallest absolute Gasteiger partial charge is 0.122 e. The minimum absolute atomic E-state index is 0.933. The maximum Gasteiger partial charge on any atom is 0.122 e. The molecule has 0 N–H and O–H groups in total. The SMILES string of the molecule is COc1cc(-c2sc(C)nc2C)ccc1C. The lowest BCUT2D eigenvalue weighted by Crippen LogP contribution is -1.87. The molecule has 0 radical (unpaired) electrons. The molecule has 0 aliphatic rings. The van der Waals surface area contributed by atoms with Crippen molar-refractivity contribution in [2.45, 2.75) is 20.8 Å². The number of aryl methyl sites for hydroxylation is 3. The second kappa shape index (κ2) is 4.26. The van der Waals surface area contributed by atoms with E-state index < -0.39 is 0 Å². The fraction of sp³-hybridized carbons (Fsp3) is 0.308. The number of benzene rings is 1. The highest BCUT2D eigenvalue weighted by Gasteiger charge is 2.09. The van der Waals surface area contributed by atoms with E-state index >= 15 is 0 Å². The highest BCUT2D eigenvalue weighted by atomic mass is 32.1. The molecule has 2 aromatic rings. The van der Waals surface area contributed by atoms with Crippen LogP contribution < -0.4 is 4.74 Å². The summed E-state index contributed by atoms with van der Waals surface area (Å²) in [5.74, 6) is 0.933. The Hall–Kier alpha value is -1.35. The summed E-state index contributed by atoms with van der Waals surface area (Å²) in [6.45, 7) is 6.13. The molecule has 3 heteroatoms. The molecule has 1 aromatic heterocycles. The Morgan fingerprint density at radius 2 is 1.94 bits per heavy atom. The summed E-state index contributed by atoms with van der Waals surface area (Å²) in [5.41, 5.74) is 3.43. The van der Waals surface area contributed by atoms with Crippen LogP contribution >= 0.6 is 11.3 Å². The number of rotatable bonds is 2. The fourth-order valence-electron chi connectivity index (χ4n) is 1.76. The molecule has 0 saturated heterocycles. The monoisotopic (exact) mass is 233 g/mol. The summed E-state index contributed by atoms with van der Waals surface area (Å²) in [7, 11) is 1.71. The Balaban J connectivity index is 2.52. The van der Waals surface area contributed by atoms with Crippen LogP contribution in [0.25, 0.3) is 10.4 Å². The van der Waals surface area contributed by atoms with Crippen molar-refractivity contribution in [3.8, 4) is 16.2 Å². The summed E-state index contributed by atoms with van der Waals surface area (Å²) >= 11 is 1.73. The molecule has 16 heavy (non-hydrogen) atoms. The standard InChI is InChI=1S/C13H15NOS/c1-8-5-6-11(7-12(8)15-4)13-9(2)14-10(3)16-13/h5-7H,1-4H3. The maximum absolute atomic E-state index is 5.34. The third-order valence-electron chi connectivity index (χ3n) is 2.57. The van der Waals surface area contributed by atoms with E-state index in [4.69, 9.17) is 4.74 Å². The van der Waals surface area contributed by atoms with Gasteiger partial charge in [-0.25, -0.2) is 4.98 Å². The highest BCUT2D eigenvalue weighted by Crippen LogP contribution is 2.32. The minimum atomic E-state index is 0.933. The second-order valence-electron chi connectivity index (χ2n) is 3.83. The molecule has 84 valence electrons. The minimum Gasteiger partial charge on any atom is -0.496 e. The lowest BCUT2D eigenvalue weighted by atomic mass is 10.1. The van der Waals surface area contributed by atoms with Crippen molar-refractivity contribution in [3.63, 3.8) is 0 Å². The summed E-state index contributed by atoms with van der Waals surface area (Å²) in [6, 6.07) is 6.29. The predicted octanol–water partition coefficient (Wildman–Crippen LogP) is 3.74. The second-order valence-corrected chi connectivity index (χ2v) is 5.04. The van der Waals surface area contributed by atoms with E-state index in [1.807, 2.05) is 20.8 Å². The van der Waals surface area contributed by atoms with Gasteiger partial charge in [-0.3, -0.25) is 0 Å². The topological polar surface area (TPSA) is 22.1 Å². The normalized spacial score (nSPS) is 10.5. The van der Waals surface area contributed by atoms with Crippen LogP contribution in [-0.2, 0) is 0 Å². The maximum atomic E-state index is 5.34. The highest BCUT2D eigenvalue weighted by molar-refractivity contribution is 7.15. The first-order chi connectivity index (χ1) is 7.61. The van der Waals surface area contributed by atoms with E-state index in [1.165, 1.54) is 10.4 Å². The summed E-state index contributed by atoms with van der Waals surface area (Å²) in [6.07, 6.45) is 0. The van der Waals surface area contributed by atoms with Gasteiger partial charge in [0.25, 0.3) is 0 Å². The van der Waals surface area contributed by atoms with Crippen molar-refractivity contribution in [3.05, 3.63) is 34.5 Å². The molecule has 0 saturated carbocycles. The first-order valence-electron chi connectivity index (χ1n) is 5.21. The largest absolute Gasteiger partial charge is 0.496 e. The molecule has 2 rings (SSSR count). The average Bonchev–Trinajstić information content (AvgIpc) is 2.59. The Morgan fingerprint density at radius 3 is 2.50 bits per heavy atom. The summed E-state index contributed by atoms with van der Waals surface area (Å²) in [5, 5.41) is 1.10. The van der Waals surface area contributed by atoms with Gasteiger partial charge in [-0.2, -0.15) is 0 Å². The van der Waals surface area contributed by atoms with Crippen LogP contribution in [0.3, 0.4) is 0 Å². The number of nitrogens with zero attached hydrogens (tertiary/aromatic N) is 1. The van der Waals surface area contributed by atoms with Crippen molar-refractivity contribution in [1.82, 2.24) is 4.98 Å². The molecular weight excluding hydrogens is 218 g/mol. The number of methoxy groups -OCH3 is 1. The lowest BCUT2D eigenvalue weighted by molar-refractivity contribution is 0.412. The first-order valence-corrected chi connectivity index (χ1v) is 6.02. The van der Waals surface area contributed by atoms with Gasteiger partial charge in [0.15, 0.2) is 0 Å². The van der Waals surface area contributed by atoms with Crippen molar-refractivity contribution in [2.24, 2.45) is 0 Å². The third kappa shape index (κ3) is 1.95. The van der Waals surface area contributed by atoms with Gasteiger partial charge in [0, 0.05) is 0 Å². The number of ether oxygens (including phenoxy) is 1. The van der Waals surface area contributed by atoms with E-state index in [0.29, 0.717) is 0 Å². The zero-order valence-electron chi connectivity index (χ0n) is 10.00. The van der Waals surface area contributed by atoms with Crippen LogP contribution in [0.2, 0.25) is 0 Å². The van der Waals surface area contributed by atoms with Crippen LogP contribution in [0.5, 0.6) is 5.75 Å². The van der Waals surface area contributed by atoms with E-state index in [0.717, 1.165) is 22.0 Å². The molecule has 1 heterocycles. The Morgan fingerprint density at radius 1 is 1.19 bits per heavy atom. The first kappa shape index (κ1) is 11.1. The van der Waals surface area contributed by atoms with Crippen molar-refractivity contribution < 1.29 is 4.74 Å². The van der Waals surface area contributed by atoms with Crippen molar-refractivity contribution >= 4 is 11.3 Å². The van der Waals surface area contributed by atoms with Gasteiger partial charge in [-0.1, -0.05) is 12.1 Å². The molecule has 0 atom stereocenters. The summed E-state index contributed by atoms with van der Waals surface area (Å²) < 4.78 is 5.34. The van der Waals surface area contributed by atoms with E-state index in [1.54, 1.807) is 18.4 Å². The number of hydrogen-bond acceptors (Lipinski definition) is 3. The zero-order chi connectivity index (χ0) is 11.7. The fourth-order valence-corrected chi connectivity index (χ4v) is 2.68. The summed E-state index contributed by atoms with van der Waals surface area (Å²) in [4.78, 5) is 5.68. The molecule has 0 unspecified atom stereocenters. The van der Waals surface area contributed by atoms with Crippen molar-refractivity contribution in [2.75, 3.05) is 7.11 Å². The number of hydrogen-bond donors (Lipinski definition) is 0. The molecule has 0 spiro atoms. The van der Waals surface area contributed by atoms with Gasteiger partial charge in [0.05, 0.1) is 22.7 Å². The van der Waals surface area contributed by atoms with Crippen LogP contribution in [0.4, 0.5) is 0 Å². The molecule has 1 aromatic carbocycles. The third-order valence-corrected chi connectivity index (χ3v) is 3.70. The Bertz CT molecular complexity index is 517. The molecule has 0 aliphatic carbocycles. The van der Waals surface area contributed by atoms with Gasteiger partial charge in [-0.15, -0.1) is 11.3 Å². The average molecular weight is 233 g/mol. The molecule has 0 aliphatic heterocycles. The van der Waals surface area contributed by atoms with Gasteiger partial charge >= 0.3 is 0 Å². The van der Waals surface area contributed by atoms with Gasteiger partial charge < -0.3 is 4.74 Å². The van der Waals surface area contributed by atoms with Crippen LogP contribution in [0.1, 0.15) is 16.3 Å². The molecule has 0 bridgehead atoms. The van der Waals surface area contributed by atoms with E-state index in [-0.39, 0.29) is 0 Å². The van der Waals surface area contributed by atoms with E-state index in [9.17, 15) is 0 Å². The van der Waals surface area contributed by atoms with E-state index in [2.05, 4.69) is 23.2 Å². The molecule has 0 amide bonds. The lowest BCUT2D eigenvalue weighted by Gasteiger charge is -2.06. The Kier molecular flexibility index (Phi) is 2.97. The molecule has 0 fully saturated rings. The quantitative estimate of drug-likeness (QED) is 0.788. The van der Waals surface area contributed by atoms with Crippen LogP contribution in [0.15, 0.2) is 18.2 Å². The molecular formula is C13H15NOS. The van der Waals surface area contributed by atoms with Crippen LogP contribution in [-0.4, -0.2) is 12.1 Å². The predicted molar refractivity (Wildman–Crippen MR) is 68.3 cm³/mol. The van der Waals surface area contributed by atoms with Gasteiger partial charge in [-0.05, 0) is 38.0 Å².